The van der Waals surface area contributed by atoms with Crippen molar-refractivity contribution in [3.8, 4) is 11.8 Å². The second-order valence-corrected chi connectivity index (χ2v) is 7.60. The van der Waals surface area contributed by atoms with E-state index in [9.17, 15) is 14.7 Å². The zero-order chi connectivity index (χ0) is 18.9. The van der Waals surface area contributed by atoms with E-state index in [1.54, 1.807) is 11.8 Å². The van der Waals surface area contributed by atoms with E-state index >= 15 is 0 Å². The molecule has 2 aliphatic rings. The first kappa shape index (κ1) is 18.3. The smallest absolute Gasteiger partial charge is 0.209 e. The summed E-state index contributed by atoms with van der Waals surface area (Å²) >= 11 is 0. The predicted molar refractivity (Wildman–Crippen MR) is 102 cm³/mol. The summed E-state index contributed by atoms with van der Waals surface area (Å²) in [5, 5.41) is 10.8. The molecule has 1 fully saturated rings. The first-order chi connectivity index (χ1) is 12.4. The van der Waals surface area contributed by atoms with Crippen molar-refractivity contribution in [2.75, 3.05) is 13.1 Å². The van der Waals surface area contributed by atoms with E-state index in [0.717, 1.165) is 41.5 Å². The average Bonchev–Trinajstić information content (AvgIpc) is 2.58. The minimum Gasteiger partial charge on any atom is -0.512 e. The van der Waals surface area contributed by atoms with Gasteiger partial charge in [0.05, 0.1) is 5.57 Å². The second-order valence-electron chi connectivity index (χ2n) is 7.60. The summed E-state index contributed by atoms with van der Waals surface area (Å²) < 4.78 is 0. The van der Waals surface area contributed by atoms with E-state index in [1.165, 1.54) is 0 Å². The normalized spacial score (nSPS) is 19.3. The van der Waals surface area contributed by atoms with Gasteiger partial charge in [-0.1, -0.05) is 5.92 Å². The van der Waals surface area contributed by atoms with Gasteiger partial charge in [-0.3, -0.25) is 9.59 Å². The molecular formula is C22H25NO3. The zero-order valence-corrected chi connectivity index (χ0v) is 15.7. The van der Waals surface area contributed by atoms with E-state index < -0.39 is 0 Å². The number of benzene rings is 1. The number of amides is 1. The molecule has 0 unspecified atom stereocenters. The van der Waals surface area contributed by atoms with Gasteiger partial charge in [-0.15, -0.1) is 5.92 Å². The lowest BCUT2D eigenvalue weighted by Gasteiger charge is -2.42. The van der Waals surface area contributed by atoms with Crippen molar-refractivity contribution in [1.82, 2.24) is 4.90 Å². The Labute approximate surface area is 154 Å². The highest BCUT2D eigenvalue weighted by Crippen LogP contribution is 2.47. The second kappa shape index (κ2) is 6.99. The van der Waals surface area contributed by atoms with Gasteiger partial charge in [-0.05, 0) is 67.9 Å². The number of aliphatic hydroxyl groups is 1. The van der Waals surface area contributed by atoms with Crippen LogP contribution in [0, 0.1) is 31.1 Å². The maximum absolute atomic E-state index is 13.0. The largest absolute Gasteiger partial charge is 0.512 e. The summed E-state index contributed by atoms with van der Waals surface area (Å²) in [6.07, 6.45) is 3.34. The fraction of sp³-hybridized carbons (Fsp3) is 0.455. The highest BCUT2D eigenvalue weighted by Gasteiger charge is 2.42. The monoisotopic (exact) mass is 351 g/mol. The average molecular weight is 351 g/mol. The topological polar surface area (TPSA) is 57.6 Å². The Morgan fingerprint density at radius 3 is 2.27 bits per heavy atom. The van der Waals surface area contributed by atoms with Crippen LogP contribution in [-0.4, -0.2) is 35.3 Å². The van der Waals surface area contributed by atoms with Crippen molar-refractivity contribution in [2.24, 2.45) is 5.41 Å². The van der Waals surface area contributed by atoms with Crippen LogP contribution in [0.1, 0.15) is 54.9 Å². The van der Waals surface area contributed by atoms with Crippen LogP contribution in [0.15, 0.2) is 17.9 Å². The van der Waals surface area contributed by atoms with Crippen molar-refractivity contribution in [3.63, 3.8) is 0 Å². The van der Waals surface area contributed by atoms with Gasteiger partial charge in [0, 0.05) is 31.5 Å². The Hall–Kier alpha value is -2.54. The lowest BCUT2D eigenvalue weighted by Crippen LogP contribution is -2.42. The van der Waals surface area contributed by atoms with Gasteiger partial charge >= 0.3 is 0 Å². The Balaban J connectivity index is 1.97. The van der Waals surface area contributed by atoms with Crippen molar-refractivity contribution in [1.29, 1.82) is 0 Å². The molecule has 1 amide bonds. The van der Waals surface area contributed by atoms with Crippen LogP contribution in [-0.2, 0) is 9.59 Å². The van der Waals surface area contributed by atoms with E-state index in [0.29, 0.717) is 31.5 Å². The third-order valence-electron chi connectivity index (χ3n) is 5.71. The number of carbonyl (C=O) groups excluding carboxylic acids is 2. The van der Waals surface area contributed by atoms with Gasteiger partial charge in [0.15, 0.2) is 5.78 Å². The maximum atomic E-state index is 13.0. The number of aryl methyl sites for hydroxylation is 2. The van der Waals surface area contributed by atoms with Gasteiger partial charge in [-0.25, -0.2) is 0 Å². The quantitative estimate of drug-likeness (QED) is 0.655. The lowest BCUT2D eigenvalue weighted by molar-refractivity contribution is -0.122. The molecule has 1 aliphatic heterocycles. The molecule has 3 rings (SSSR count). The van der Waals surface area contributed by atoms with Crippen LogP contribution >= 0.6 is 0 Å². The summed E-state index contributed by atoms with van der Waals surface area (Å²) in [6, 6.07) is 3.94. The Morgan fingerprint density at radius 1 is 1.15 bits per heavy atom. The summed E-state index contributed by atoms with van der Waals surface area (Å²) in [5.41, 5.74) is 3.95. The third kappa shape index (κ3) is 3.26. The molecule has 1 N–H and O–H groups in total. The van der Waals surface area contributed by atoms with Crippen molar-refractivity contribution < 1.29 is 14.7 Å². The summed E-state index contributed by atoms with van der Waals surface area (Å²) in [4.78, 5) is 25.7. The van der Waals surface area contributed by atoms with Crippen molar-refractivity contribution in [3.05, 3.63) is 40.1 Å². The minimum absolute atomic E-state index is 0.00817. The number of hydrogen-bond donors (Lipinski definition) is 1. The highest BCUT2D eigenvalue weighted by molar-refractivity contribution is 6.23. The molecule has 1 aromatic rings. The molecule has 0 atom stereocenters. The summed E-state index contributed by atoms with van der Waals surface area (Å²) in [5.74, 6) is 6.15. The number of rotatable bonds is 2. The van der Waals surface area contributed by atoms with E-state index in [1.807, 2.05) is 26.0 Å². The van der Waals surface area contributed by atoms with E-state index in [4.69, 9.17) is 0 Å². The molecular weight excluding hydrogens is 326 g/mol. The molecule has 4 heteroatoms. The summed E-state index contributed by atoms with van der Waals surface area (Å²) in [7, 11) is 0. The Morgan fingerprint density at radius 2 is 1.77 bits per heavy atom. The molecule has 1 aromatic carbocycles. The maximum Gasteiger partial charge on any atom is 0.209 e. The van der Waals surface area contributed by atoms with Crippen LogP contribution < -0.4 is 0 Å². The molecule has 4 nitrogen and oxygen atoms in total. The number of aliphatic hydroxyl groups excluding tert-OH is 1. The number of hydrogen-bond acceptors (Lipinski definition) is 3. The van der Waals surface area contributed by atoms with E-state index in [-0.39, 0.29) is 17.0 Å². The third-order valence-corrected chi connectivity index (χ3v) is 5.71. The Bertz CT molecular complexity index is 823. The van der Waals surface area contributed by atoms with Gasteiger partial charge in [-0.2, -0.15) is 0 Å². The van der Waals surface area contributed by atoms with Gasteiger partial charge in [0.1, 0.15) is 5.76 Å². The number of ketones is 1. The number of piperidine rings is 1. The molecule has 1 saturated heterocycles. The Kier molecular flexibility index (Phi) is 4.91. The van der Waals surface area contributed by atoms with Crippen LogP contribution in [0.5, 0.6) is 0 Å². The molecule has 0 radical (unpaired) electrons. The van der Waals surface area contributed by atoms with Crippen molar-refractivity contribution in [2.45, 2.75) is 46.5 Å². The van der Waals surface area contributed by atoms with Gasteiger partial charge in [0.2, 0.25) is 6.41 Å². The molecule has 0 aromatic heterocycles. The molecule has 1 spiro atoms. The number of Topliss-reactive ketones (excluding diaryl/α,β-unsaturated/α-hetero) is 1. The first-order valence-electron chi connectivity index (χ1n) is 9.08. The first-order valence-corrected chi connectivity index (χ1v) is 9.08. The molecule has 0 bridgehead atoms. The minimum atomic E-state index is -0.209. The van der Waals surface area contributed by atoms with Crippen LogP contribution in [0.25, 0.3) is 5.57 Å². The van der Waals surface area contributed by atoms with Crippen LogP contribution in [0.4, 0.5) is 0 Å². The highest BCUT2D eigenvalue weighted by atomic mass is 16.3. The number of likely N-dealkylation sites (tertiary alicyclic amines) is 1. The fourth-order valence-electron chi connectivity index (χ4n) is 4.41. The molecule has 1 heterocycles. The van der Waals surface area contributed by atoms with Crippen LogP contribution in [0.2, 0.25) is 0 Å². The van der Waals surface area contributed by atoms with Gasteiger partial charge < -0.3 is 10.0 Å². The predicted octanol–water partition coefficient (Wildman–Crippen LogP) is 3.55. The SMILES string of the molecule is CC#Cc1cc(C)c(C2=C(O)CC3(CCN(C=O)CC3)CC2=O)c(C)c1. The number of carbonyl (C=O) groups is 2. The molecule has 1 aliphatic carbocycles. The van der Waals surface area contributed by atoms with Crippen molar-refractivity contribution >= 4 is 17.8 Å². The fourth-order valence-corrected chi connectivity index (χ4v) is 4.41. The zero-order valence-electron chi connectivity index (χ0n) is 15.7. The molecule has 0 saturated carbocycles. The van der Waals surface area contributed by atoms with Crippen LogP contribution in [0.3, 0.4) is 0 Å². The standard InChI is InChI=1S/C22H25NO3/c1-4-5-17-10-15(2)20(16(3)11-17)21-18(25)12-22(13-19(21)26)6-8-23(14-24)9-7-22/h10-11,14,25H,6-9,12-13H2,1-3H3. The van der Waals surface area contributed by atoms with Gasteiger partial charge in [0.25, 0.3) is 0 Å². The number of allylic oxidation sites excluding steroid dienone is 2. The number of nitrogens with zero attached hydrogens (tertiary/aromatic N) is 1. The molecule has 26 heavy (non-hydrogen) atoms. The molecule has 136 valence electrons. The van der Waals surface area contributed by atoms with E-state index in [2.05, 4.69) is 11.8 Å². The summed E-state index contributed by atoms with van der Waals surface area (Å²) in [6.45, 7) is 7.03. The lowest BCUT2D eigenvalue weighted by atomic mass is 9.66.